The Hall–Kier alpha value is -3.96. The summed E-state index contributed by atoms with van der Waals surface area (Å²) in [6, 6.07) is 22.3. The molecule has 1 N–H and O–H groups in total. The highest BCUT2D eigenvalue weighted by Crippen LogP contribution is 2.32. The van der Waals surface area contributed by atoms with Gasteiger partial charge in [0.15, 0.2) is 11.6 Å². The van der Waals surface area contributed by atoms with E-state index < -0.39 is 0 Å². The Balaban J connectivity index is 1.55. The normalized spacial score (nSPS) is 15.5. The molecule has 0 bridgehead atoms. The molecule has 4 aromatic rings. The van der Waals surface area contributed by atoms with Crippen LogP contribution in [0.2, 0.25) is 0 Å². The molecule has 0 amide bonds. The van der Waals surface area contributed by atoms with Crippen molar-refractivity contribution in [1.29, 1.82) is 0 Å². The summed E-state index contributed by atoms with van der Waals surface area (Å²) in [5.74, 6) is 1.97. The second kappa shape index (κ2) is 9.49. The quantitative estimate of drug-likeness (QED) is 0.382. The molecule has 1 aromatic heterocycles. The minimum atomic E-state index is -0.0125. The molecule has 2 heterocycles. The lowest BCUT2D eigenvalue weighted by Gasteiger charge is -2.24. The Labute approximate surface area is 199 Å². The number of nitrogens with one attached hydrogen (secondary N) is 1. The number of hydroxylamine groups is 1. The molecule has 1 aliphatic heterocycles. The number of nitrogens with zero attached hydrogens (tertiary/aromatic N) is 2. The number of aliphatic imine (C=N–C) groups is 1. The third-order valence-corrected chi connectivity index (χ3v) is 6.01. The van der Waals surface area contributed by atoms with Crippen molar-refractivity contribution in [3.8, 4) is 11.5 Å². The third-order valence-electron chi connectivity index (χ3n) is 6.01. The predicted molar refractivity (Wildman–Crippen MR) is 137 cm³/mol. The second-order valence-corrected chi connectivity index (χ2v) is 8.57. The monoisotopic (exact) mass is 449 g/mol. The van der Waals surface area contributed by atoms with Crippen LogP contribution in [0, 0.1) is 13.8 Å². The number of aromatic nitrogens is 1. The Kier molecular flexibility index (Phi) is 6.11. The number of pyridine rings is 1. The van der Waals surface area contributed by atoms with Gasteiger partial charge in [0, 0.05) is 5.39 Å². The van der Waals surface area contributed by atoms with Gasteiger partial charge in [0.25, 0.3) is 0 Å². The average molecular weight is 450 g/mol. The highest BCUT2D eigenvalue weighted by atomic mass is 16.6. The fourth-order valence-electron chi connectivity index (χ4n) is 4.28. The van der Waals surface area contributed by atoms with E-state index in [0.29, 0.717) is 23.9 Å². The van der Waals surface area contributed by atoms with Crippen molar-refractivity contribution in [2.75, 3.05) is 6.61 Å². The number of hydrogen-bond donors (Lipinski definition) is 1. The number of amidine groups is 1. The Bertz CT molecular complexity index is 1390. The predicted octanol–water partition coefficient (Wildman–Crippen LogP) is 6.18. The van der Waals surface area contributed by atoms with Gasteiger partial charge in [0.05, 0.1) is 29.9 Å². The van der Waals surface area contributed by atoms with Gasteiger partial charge < -0.3 is 4.74 Å². The van der Waals surface area contributed by atoms with Crippen LogP contribution in [0.15, 0.2) is 84.5 Å². The number of hydrogen-bond acceptors (Lipinski definition) is 5. The zero-order valence-corrected chi connectivity index (χ0v) is 19.4. The Morgan fingerprint density at radius 2 is 1.97 bits per heavy atom. The summed E-state index contributed by atoms with van der Waals surface area (Å²) < 4.78 is 6.31. The fraction of sp³-hybridized carbons (Fsp3) is 0.172. The first-order valence-corrected chi connectivity index (χ1v) is 11.4. The molecule has 34 heavy (non-hydrogen) atoms. The van der Waals surface area contributed by atoms with Crippen LogP contribution < -0.4 is 10.2 Å². The largest absolute Gasteiger partial charge is 0.455 e. The van der Waals surface area contributed by atoms with Gasteiger partial charge in [-0.1, -0.05) is 66.7 Å². The first kappa shape index (κ1) is 21.9. The molecule has 0 radical (unpaired) electrons. The lowest BCUT2D eigenvalue weighted by atomic mass is 9.99. The summed E-state index contributed by atoms with van der Waals surface area (Å²) in [7, 11) is 0. The lowest BCUT2D eigenvalue weighted by molar-refractivity contribution is 0.0624. The van der Waals surface area contributed by atoms with Crippen LogP contribution in [0.5, 0.6) is 11.5 Å². The van der Waals surface area contributed by atoms with Crippen LogP contribution >= 0.6 is 0 Å². The number of ether oxygens (including phenoxy) is 1. The minimum absolute atomic E-state index is 0.0125. The maximum atomic E-state index is 6.31. The van der Waals surface area contributed by atoms with E-state index in [2.05, 4.69) is 49.1 Å². The van der Waals surface area contributed by atoms with Gasteiger partial charge in [-0.2, -0.15) is 0 Å². The number of aryl methyl sites for hydroxylation is 2. The summed E-state index contributed by atoms with van der Waals surface area (Å²) >= 11 is 0. The summed E-state index contributed by atoms with van der Waals surface area (Å²) in [4.78, 5) is 15.5. The lowest BCUT2D eigenvalue weighted by Crippen LogP contribution is -2.37. The van der Waals surface area contributed by atoms with Crippen LogP contribution in [-0.2, 0) is 11.3 Å². The van der Waals surface area contributed by atoms with Gasteiger partial charge in [0.1, 0.15) is 5.75 Å². The SMILES string of the molecule is C=Cc1cccc(Oc2cnc3ccccc3c2C2=N[C@H](Cc3ccc(C)cc3C)CON2)c1. The van der Waals surface area contributed by atoms with Crippen molar-refractivity contribution >= 4 is 22.8 Å². The maximum Gasteiger partial charge on any atom is 0.157 e. The van der Waals surface area contributed by atoms with E-state index in [1.54, 1.807) is 12.3 Å². The van der Waals surface area contributed by atoms with Crippen molar-refractivity contribution in [1.82, 2.24) is 10.5 Å². The molecule has 3 aromatic carbocycles. The van der Waals surface area contributed by atoms with Gasteiger partial charge in [-0.05, 0) is 55.2 Å². The molecule has 0 fully saturated rings. The van der Waals surface area contributed by atoms with Crippen LogP contribution in [0.3, 0.4) is 0 Å². The van der Waals surface area contributed by atoms with Crippen molar-refractivity contribution in [3.63, 3.8) is 0 Å². The Morgan fingerprint density at radius 3 is 2.82 bits per heavy atom. The molecule has 5 nitrogen and oxygen atoms in total. The van der Waals surface area contributed by atoms with Gasteiger partial charge in [-0.15, -0.1) is 0 Å². The zero-order valence-electron chi connectivity index (χ0n) is 19.4. The van der Waals surface area contributed by atoms with Crippen molar-refractivity contribution < 1.29 is 9.57 Å². The highest BCUT2D eigenvalue weighted by Gasteiger charge is 2.23. The smallest absolute Gasteiger partial charge is 0.157 e. The van der Waals surface area contributed by atoms with Crippen molar-refractivity contribution in [2.45, 2.75) is 26.3 Å². The summed E-state index contributed by atoms with van der Waals surface area (Å²) in [6.45, 7) is 8.61. The van der Waals surface area contributed by atoms with E-state index in [-0.39, 0.29) is 6.04 Å². The fourth-order valence-corrected chi connectivity index (χ4v) is 4.28. The first-order valence-electron chi connectivity index (χ1n) is 11.4. The van der Waals surface area contributed by atoms with Gasteiger partial charge in [-0.3, -0.25) is 14.8 Å². The molecule has 0 unspecified atom stereocenters. The van der Waals surface area contributed by atoms with Crippen molar-refractivity contribution in [3.05, 3.63) is 107 Å². The number of fused-ring (bicyclic) bond motifs is 1. The molecule has 0 aliphatic carbocycles. The van der Waals surface area contributed by atoms with Gasteiger partial charge in [-0.25, -0.2) is 5.48 Å². The zero-order chi connectivity index (χ0) is 23.5. The molecule has 5 heteroatoms. The standard InChI is InChI=1S/C29H27N3O2/c1-4-21-8-7-9-24(15-21)34-27-17-30-26-11-6-5-10-25(26)28(27)29-31-23(18-33-32-29)16-22-13-12-19(2)14-20(22)3/h4-15,17,23H,1,16,18H2,2-3H3,(H,31,32)/t23-/m1/s1. The molecule has 5 rings (SSSR count). The van der Waals surface area contributed by atoms with Crippen LogP contribution in [0.25, 0.3) is 17.0 Å². The average Bonchev–Trinajstić information content (AvgIpc) is 2.86. The van der Waals surface area contributed by atoms with Gasteiger partial charge in [0.2, 0.25) is 0 Å². The second-order valence-electron chi connectivity index (χ2n) is 8.57. The summed E-state index contributed by atoms with van der Waals surface area (Å²) in [5, 5.41) is 0.946. The Morgan fingerprint density at radius 1 is 1.09 bits per heavy atom. The van der Waals surface area contributed by atoms with Crippen molar-refractivity contribution in [2.24, 2.45) is 4.99 Å². The van der Waals surface area contributed by atoms with Crippen LogP contribution in [0.1, 0.15) is 27.8 Å². The number of rotatable bonds is 6. The molecule has 1 atom stereocenters. The molecular formula is C29H27N3O2. The first-order chi connectivity index (χ1) is 16.6. The highest BCUT2D eigenvalue weighted by molar-refractivity contribution is 6.11. The van der Waals surface area contributed by atoms with Crippen LogP contribution in [0.4, 0.5) is 0 Å². The number of benzene rings is 3. The summed E-state index contributed by atoms with van der Waals surface area (Å²) in [6.07, 6.45) is 4.35. The molecule has 0 saturated heterocycles. The topological polar surface area (TPSA) is 55.7 Å². The number of para-hydroxylation sites is 1. The van der Waals surface area contributed by atoms with E-state index >= 15 is 0 Å². The summed E-state index contributed by atoms with van der Waals surface area (Å²) in [5.41, 5.74) is 9.54. The van der Waals surface area contributed by atoms with Gasteiger partial charge >= 0.3 is 0 Å². The van der Waals surface area contributed by atoms with Crippen LogP contribution in [-0.4, -0.2) is 23.5 Å². The minimum Gasteiger partial charge on any atom is -0.455 e. The maximum absolute atomic E-state index is 6.31. The van der Waals surface area contributed by atoms with E-state index in [0.717, 1.165) is 28.5 Å². The van der Waals surface area contributed by atoms with E-state index in [9.17, 15) is 0 Å². The van der Waals surface area contributed by atoms with E-state index in [4.69, 9.17) is 14.6 Å². The molecule has 0 spiro atoms. The van der Waals surface area contributed by atoms with E-state index in [1.165, 1.54) is 16.7 Å². The molecule has 0 saturated carbocycles. The van der Waals surface area contributed by atoms with E-state index in [1.807, 2.05) is 48.5 Å². The molecular weight excluding hydrogens is 422 g/mol. The third kappa shape index (κ3) is 4.56. The molecule has 170 valence electrons. The molecule has 1 aliphatic rings.